The molecule has 0 aromatic heterocycles. The van der Waals surface area contributed by atoms with Crippen LogP contribution in [0, 0.1) is 0 Å². The Balaban J connectivity index is 2.60. The van der Waals surface area contributed by atoms with Gasteiger partial charge in [0.2, 0.25) is 0 Å². The number of ether oxygens (including phenoxy) is 1. The number of carbonyl (C=O) groups is 1. The van der Waals surface area contributed by atoms with Crippen LogP contribution in [-0.2, 0) is 9.53 Å². The number of esters is 1. The van der Waals surface area contributed by atoms with Crippen LogP contribution in [-0.4, -0.2) is 5.97 Å². The molecule has 0 aliphatic carbocycles. The minimum atomic E-state index is -0.234. The van der Waals surface area contributed by atoms with Crippen molar-refractivity contribution in [1.82, 2.24) is 0 Å². The van der Waals surface area contributed by atoms with E-state index in [2.05, 4.69) is 0 Å². The molecule has 1 aromatic carbocycles. The monoisotopic (exact) mass is 226 g/mol. The maximum Gasteiger partial charge on any atom is 0.306 e. The van der Waals surface area contributed by atoms with E-state index in [-0.39, 0.29) is 12.1 Å². The lowest BCUT2D eigenvalue weighted by atomic mass is 10.1. The molecule has 0 saturated carbocycles. The molecule has 0 aliphatic rings. The van der Waals surface area contributed by atoms with Gasteiger partial charge in [-0.2, -0.15) is 0 Å². The van der Waals surface area contributed by atoms with Crippen LogP contribution < -0.4 is 0 Å². The summed E-state index contributed by atoms with van der Waals surface area (Å²) in [7, 11) is 0. The van der Waals surface area contributed by atoms with E-state index in [4.69, 9.17) is 16.3 Å². The molecule has 0 N–H and O–H groups in total. The summed E-state index contributed by atoms with van der Waals surface area (Å²) in [6, 6.07) is 7.36. The summed E-state index contributed by atoms with van der Waals surface area (Å²) in [4.78, 5) is 11.3. The third-order valence-electron chi connectivity index (χ3n) is 2.08. The minimum Gasteiger partial charge on any atom is -0.458 e. The summed E-state index contributed by atoms with van der Waals surface area (Å²) >= 11 is 5.85. The second kappa shape index (κ2) is 5.76. The van der Waals surface area contributed by atoms with Crippen LogP contribution in [0.5, 0.6) is 0 Å². The lowest BCUT2D eigenvalue weighted by Crippen LogP contribution is -2.08. The van der Waals surface area contributed by atoms with Crippen LogP contribution in [0.15, 0.2) is 24.3 Å². The van der Waals surface area contributed by atoms with Crippen molar-refractivity contribution in [1.29, 1.82) is 0 Å². The second-order valence-electron chi connectivity index (χ2n) is 3.44. The normalized spacial score (nSPS) is 12.2. The molecular formula is C12H15ClO2. The second-order valence-corrected chi connectivity index (χ2v) is 3.87. The summed E-state index contributed by atoms with van der Waals surface area (Å²) in [5.74, 6) is -0.162. The van der Waals surface area contributed by atoms with Gasteiger partial charge in [-0.05, 0) is 31.0 Å². The summed E-state index contributed by atoms with van der Waals surface area (Å²) in [5.41, 5.74) is 0.923. The van der Waals surface area contributed by atoms with Crippen molar-refractivity contribution >= 4 is 17.6 Å². The SMILES string of the molecule is CCCC(=O)O[C@H](C)c1cccc(Cl)c1. The van der Waals surface area contributed by atoms with Gasteiger partial charge in [-0.25, -0.2) is 0 Å². The van der Waals surface area contributed by atoms with Gasteiger partial charge in [-0.1, -0.05) is 30.7 Å². The van der Waals surface area contributed by atoms with Gasteiger partial charge >= 0.3 is 5.97 Å². The van der Waals surface area contributed by atoms with E-state index in [1.807, 2.05) is 32.0 Å². The van der Waals surface area contributed by atoms with Gasteiger partial charge in [0.1, 0.15) is 6.10 Å². The Morgan fingerprint density at radius 3 is 2.87 bits per heavy atom. The summed E-state index contributed by atoms with van der Waals surface area (Å²) < 4.78 is 5.23. The van der Waals surface area contributed by atoms with Crippen molar-refractivity contribution in [3.05, 3.63) is 34.9 Å². The highest BCUT2D eigenvalue weighted by molar-refractivity contribution is 6.30. The number of hydrogen-bond acceptors (Lipinski definition) is 2. The van der Waals surface area contributed by atoms with E-state index in [1.165, 1.54) is 0 Å². The molecular weight excluding hydrogens is 212 g/mol. The molecule has 0 saturated heterocycles. The molecule has 0 fully saturated rings. The van der Waals surface area contributed by atoms with E-state index in [0.717, 1.165) is 12.0 Å². The number of halogens is 1. The molecule has 1 rings (SSSR count). The molecule has 0 spiro atoms. The fourth-order valence-electron chi connectivity index (χ4n) is 1.29. The Hall–Kier alpha value is -1.02. The van der Waals surface area contributed by atoms with E-state index < -0.39 is 0 Å². The van der Waals surface area contributed by atoms with E-state index in [9.17, 15) is 4.79 Å². The first-order valence-corrected chi connectivity index (χ1v) is 5.46. The fraction of sp³-hybridized carbons (Fsp3) is 0.417. The first kappa shape index (κ1) is 12.1. The van der Waals surface area contributed by atoms with E-state index >= 15 is 0 Å². The molecule has 0 unspecified atom stereocenters. The quantitative estimate of drug-likeness (QED) is 0.731. The predicted octanol–water partition coefficient (Wildman–Crippen LogP) is 3.74. The smallest absolute Gasteiger partial charge is 0.306 e. The Morgan fingerprint density at radius 1 is 1.53 bits per heavy atom. The average Bonchev–Trinajstić information content (AvgIpc) is 2.18. The third kappa shape index (κ3) is 3.92. The summed E-state index contributed by atoms with van der Waals surface area (Å²) in [6.45, 7) is 3.80. The van der Waals surface area contributed by atoms with Gasteiger partial charge in [0.05, 0.1) is 0 Å². The van der Waals surface area contributed by atoms with Crippen molar-refractivity contribution in [2.45, 2.75) is 32.8 Å². The molecule has 1 aromatic rings. The lowest BCUT2D eigenvalue weighted by Gasteiger charge is -2.13. The minimum absolute atomic E-state index is 0.162. The number of benzene rings is 1. The zero-order valence-corrected chi connectivity index (χ0v) is 9.75. The lowest BCUT2D eigenvalue weighted by molar-refractivity contribution is -0.148. The Bertz CT molecular complexity index is 336. The van der Waals surface area contributed by atoms with Crippen molar-refractivity contribution in [2.75, 3.05) is 0 Å². The predicted molar refractivity (Wildman–Crippen MR) is 60.9 cm³/mol. The van der Waals surface area contributed by atoms with Gasteiger partial charge < -0.3 is 4.74 Å². The van der Waals surface area contributed by atoms with Crippen LogP contribution in [0.4, 0.5) is 0 Å². The number of hydrogen-bond donors (Lipinski definition) is 0. The average molecular weight is 227 g/mol. The Morgan fingerprint density at radius 2 is 2.27 bits per heavy atom. The van der Waals surface area contributed by atoms with Crippen molar-refractivity contribution < 1.29 is 9.53 Å². The first-order chi connectivity index (χ1) is 7.13. The van der Waals surface area contributed by atoms with Crippen LogP contribution >= 0.6 is 11.6 Å². The molecule has 82 valence electrons. The Labute approximate surface area is 95.2 Å². The highest BCUT2D eigenvalue weighted by Gasteiger charge is 2.10. The van der Waals surface area contributed by atoms with E-state index in [1.54, 1.807) is 6.07 Å². The fourth-order valence-corrected chi connectivity index (χ4v) is 1.49. The van der Waals surface area contributed by atoms with Crippen molar-refractivity contribution in [3.8, 4) is 0 Å². The maximum absolute atomic E-state index is 11.3. The van der Waals surface area contributed by atoms with Crippen LogP contribution in [0.25, 0.3) is 0 Å². The molecule has 0 heterocycles. The van der Waals surface area contributed by atoms with Gasteiger partial charge in [0, 0.05) is 11.4 Å². The molecule has 0 bridgehead atoms. The van der Waals surface area contributed by atoms with Crippen LogP contribution in [0.3, 0.4) is 0 Å². The maximum atomic E-state index is 11.3. The van der Waals surface area contributed by atoms with Gasteiger partial charge in [-0.15, -0.1) is 0 Å². The van der Waals surface area contributed by atoms with Gasteiger partial charge in [-0.3, -0.25) is 4.79 Å². The zero-order chi connectivity index (χ0) is 11.3. The molecule has 0 aliphatic heterocycles. The number of carbonyl (C=O) groups excluding carboxylic acids is 1. The summed E-state index contributed by atoms with van der Waals surface area (Å²) in [6.07, 6.45) is 1.04. The summed E-state index contributed by atoms with van der Waals surface area (Å²) in [5, 5.41) is 0.658. The topological polar surface area (TPSA) is 26.3 Å². The Kier molecular flexibility index (Phi) is 4.63. The largest absolute Gasteiger partial charge is 0.458 e. The number of rotatable bonds is 4. The molecule has 2 nitrogen and oxygen atoms in total. The van der Waals surface area contributed by atoms with Crippen LogP contribution in [0.1, 0.15) is 38.4 Å². The highest BCUT2D eigenvalue weighted by Crippen LogP contribution is 2.20. The molecule has 15 heavy (non-hydrogen) atoms. The molecule has 1 atom stereocenters. The van der Waals surface area contributed by atoms with Crippen molar-refractivity contribution in [3.63, 3.8) is 0 Å². The standard InChI is InChI=1S/C12H15ClO2/c1-3-5-12(14)15-9(2)10-6-4-7-11(13)8-10/h4,6-9H,3,5H2,1-2H3/t9-/m1/s1. The van der Waals surface area contributed by atoms with Gasteiger partial charge in [0.15, 0.2) is 0 Å². The third-order valence-corrected chi connectivity index (χ3v) is 2.32. The van der Waals surface area contributed by atoms with Gasteiger partial charge in [0.25, 0.3) is 0 Å². The molecule has 0 radical (unpaired) electrons. The highest BCUT2D eigenvalue weighted by atomic mass is 35.5. The first-order valence-electron chi connectivity index (χ1n) is 5.08. The van der Waals surface area contributed by atoms with Crippen LogP contribution in [0.2, 0.25) is 5.02 Å². The molecule has 3 heteroatoms. The molecule has 0 amide bonds. The van der Waals surface area contributed by atoms with Crippen molar-refractivity contribution in [2.24, 2.45) is 0 Å². The van der Waals surface area contributed by atoms with E-state index in [0.29, 0.717) is 11.4 Å². The zero-order valence-electron chi connectivity index (χ0n) is 9.00.